The van der Waals surface area contributed by atoms with Gasteiger partial charge >= 0.3 is 0 Å². The Kier molecular flexibility index (Phi) is 2.50. The van der Waals surface area contributed by atoms with Gasteiger partial charge in [0.1, 0.15) is 11.9 Å². The van der Waals surface area contributed by atoms with Crippen LogP contribution in [0.5, 0.6) is 0 Å². The summed E-state index contributed by atoms with van der Waals surface area (Å²) in [7, 11) is 0. The van der Waals surface area contributed by atoms with E-state index in [0.717, 1.165) is 22.0 Å². The number of rotatable bonds is 1. The van der Waals surface area contributed by atoms with Crippen molar-refractivity contribution in [2.45, 2.75) is 0 Å². The minimum absolute atomic E-state index is 0.716. The molecule has 0 fully saturated rings. The number of hydrogen-bond donors (Lipinski definition) is 0. The van der Waals surface area contributed by atoms with Gasteiger partial charge in [-0.15, -0.1) is 10.2 Å². The van der Waals surface area contributed by atoms with Crippen molar-refractivity contribution >= 4 is 22.4 Å². The third-order valence-electron chi connectivity index (χ3n) is 2.62. The molecule has 2 nitrogen and oxygen atoms in total. The Morgan fingerprint density at radius 2 is 1.71 bits per heavy atom. The zero-order valence-corrected chi connectivity index (χ0v) is 9.65. The first-order chi connectivity index (χ1) is 8.34. The van der Waals surface area contributed by atoms with Crippen LogP contribution in [-0.2, 0) is 0 Å². The fourth-order valence-corrected chi connectivity index (χ4v) is 1.92. The van der Waals surface area contributed by atoms with Gasteiger partial charge < -0.3 is 0 Å². The van der Waals surface area contributed by atoms with Gasteiger partial charge in [0.05, 0.1) is 0 Å². The highest BCUT2D eigenvalue weighted by Gasteiger charge is 2.05. The molecule has 0 aliphatic heterocycles. The van der Waals surface area contributed by atoms with Gasteiger partial charge in [0.15, 0.2) is 0 Å². The van der Waals surface area contributed by atoms with E-state index in [2.05, 4.69) is 16.4 Å². The van der Waals surface area contributed by atoms with Crippen LogP contribution in [0.2, 0.25) is 5.02 Å². The molecule has 0 unspecified atom stereocenters. The fraction of sp³-hybridized carbons (Fsp3) is 0. The average Bonchev–Trinajstić information content (AvgIpc) is 2.39. The summed E-state index contributed by atoms with van der Waals surface area (Å²) in [4.78, 5) is 0. The Morgan fingerprint density at radius 1 is 0.941 bits per heavy atom. The molecule has 3 rings (SSSR count). The van der Waals surface area contributed by atoms with E-state index >= 15 is 0 Å². The quantitative estimate of drug-likeness (QED) is 0.646. The lowest BCUT2D eigenvalue weighted by Crippen LogP contribution is -1.89. The molecule has 0 N–H and O–H groups in total. The highest BCUT2D eigenvalue weighted by atomic mass is 35.5. The van der Waals surface area contributed by atoms with Crippen LogP contribution in [0.15, 0.2) is 48.5 Å². The van der Waals surface area contributed by atoms with Crippen LogP contribution < -0.4 is 0 Å². The number of hydrogen-bond acceptors (Lipinski definition) is 2. The van der Waals surface area contributed by atoms with Crippen LogP contribution in [0.1, 0.15) is 0 Å². The van der Waals surface area contributed by atoms with E-state index in [1.165, 1.54) is 0 Å². The van der Waals surface area contributed by atoms with Crippen molar-refractivity contribution in [3.05, 3.63) is 59.8 Å². The fourth-order valence-electron chi connectivity index (χ4n) is 1.79. The van der Waals surface area contributed by atoms with Gasteiger partial charge in [-0.1, -0.05) is 48.0 Å². The van der Waals surface area contributed by atoms with E-state index in [-0.39, 0.29) is 0 Å². The molecule has 3 aromatic rings. The van der Waals surface area contributed by atoms with Crippen molar-refractivity contribution in [1.29, 1.82) is 0 Å². The van der Waals surface area contributed by atoms with Crippen molar-refractivity contribution in [2.75, 3.05) is 0 Å². The predicted octanol–water partition coefficient (Wildman–Crippen LogP) is 3.75. The van der Waals surface area contributed by atoms with Gasteiger partial charge in [0, 0.05) is 21.4 Å². The van der Waals surface area contributed by atoms with E-state index in [9.17, 15) is 0 Å². The standard InChI is InChI=1S/C14H8ClN2/c15-12-7-5-10(6-8-12)14-13-4-2-1-3-11(13)9-16-17-14/h1-8H. The van der Waals surface area contributed by atoms with E-state index in [0.29, 0.717) is 5.02 Å². The third kappa shape index (κ3) is 1.87. The van der Waals surface area contributed by atoms with E-state index < -0.39 is 0 Å². The maximum Gasteiger partial charge on any atom is 0.122 e. The maximum atomic E-state index is 5.88. The highest BCUT2D eigenvalue weighted by Crippen LogP contribution is 2.26. The average molecular weight is 240 g/mol. The molecular formula is C14H8ClN2. The first kappa shape index (κ1) is 10.2. The molecule has 0 saturated heterocycles. The summed E-state index contributed by atoms with van der Waals surface area (Å²) in [6.07, 6.45) is 2.89. The third-order valence-corrected chi connectivity index (χ3v) is 2.87. The number of aromatic nitrogens is 2. The highest BCUT2D eigenvalue weighted by molar-refractivity contribution is 6.30. The van der Waals surface area contributed by atoms with Crippen LogP contribution in [0.4, 0.5) is 0 Å². The number of nitrogens with zero attached hydrogens (tertiary/aromatic N) is 2. The van der Waals surface area contributed by atoms with Gasteiger partial charge in [-0.05, 0) is 12.1 Å². The van der Waals surface area contributed by atoms with Crippen LogP contribution in [0.25, 0.3) is 22.0 Å². The monoisotopic (exact) mass is 239 g/mol. The summed E-state index contributed by atoms with van der Waals surface area (Å²) in [6.45, 7) is 0. The van der Waals surface area contributed by atoms with Gasteiger partial charge in [-0.2, -0.15) is 0 Å². The molecule has 0 aliphatic rings. The topological polar surface area (TPSA) is 25.8 Å². The van der Waals surface area contributed by atoms with Gasteiger partial charge in [0.2, 0.25) is 0 Å². The minimum Gasteiger partial charge on any atom is -0.149 e. The van der Waals surface area contributed by atoms with E-state index in [1.54, 1.807) is 0 Å². The SMILES string of the molecule is Clc1ccc(-c2nn[c]c3ccccc23)cc1. The van der Waals surface area contributed by atoms with Crippen molar-refractivity contribution in [3.8, 4) is 11.3 Å². The van der Waals surface area contributed by atoms with E-state index in [1.807, 2.05) is 48.5 Å². The Labute approximate surface area is 104 Å². The number of halogens is 1. The first-order valence-corrected chi connectivity index (χ1v) is 5.61. The molecular weight excluding hydrogens is 232 g/mol. The molecule has 0 amide bonds. The second kappa shape index (κ2) is 4.15. The molecule has 1 radical (unpaired) electrons. The van der Waals surface area contributed by atoms with Gasteiger partial charge in [-0.3, -0.25) is 0 Å². The molecule has 0 aliphatic carbocycles. The molecule has 81 valence electrons. The summed E-state index contributed by atoms with van der Waals surface area (Å²) in [5, 5.41) is 10.8. The van der Waals surface area contributed by atoms with Crippen LogP contribution in [-0.4, -0.2) is 10.2 Å². The first-order valence-electron chi connectivity index (χ1n) is 5.23. The Bertz CT molecular complexity index is 657. The summed E-state index contributed by atoms with van der Waals surface area (Å²) in [5.41, 5.74) is 1.86. The second-order valence-corrected chi connectivity index (χ2v) is 4.15. The maximum absolute atomic E-state index is 5.88. The normalized spacial score (nSPS) is 10.6. The Morgan fingerprint density at radius 3 is 2.53 bits per heavy atom. The predicted molar refractivity (Wildman–Crippen MR) is 68.8 cm³/mol. The number of fused-ring (bicyclic) bond motifs is 1. The molecule has 0 spiro atoms. The largest absolute Gasteiger partial charge is 0.149 e. The van der Waals surface area contributed by atoms with Crippen molar-refractivity contribution in [3.63, 3.8) is 0 Å². The van der Waals surface area contributed by atoms with Crippen LogP contribution in [0.3, 0.4) is 0 Å². The molecule has 0 saturated carbocycles. The Balaban J connectivity index is 2.27. The minimum atomic E-state index is 0.716. The molecule has 3 heteroatoms. The second-order valence-electron chi connectivity index (χ2n) is 3.71. The molecule has 17 heavy (non-hydrogen) atoms. The summed E-state index contributed by atoms with van der Waals surface area (Å²) in [5.74, 6) is 0. The molecule has 1 heterocycles. The van der Waals surface area contributed by atoms with Crippen molar-refractivity contribution in [2.24, 2.45) is 0 Å². The smallest absolute Gasteiger partial charge is 0.122 e. The van der Waals surface area contributed by atoms with Crippen LogP contribution >= 0.6 is 11.6 Å². The van der Waals surface area contributed by atoms with Crippen molar-refractivity contribution in [1.82, 2.24) is 10.2 Å². The van der Waals surface area contributed by atoms with E-state index in [4.69, 9.17) is 11.6 Å². The zero-order valence-electron chi connectivity index (χ0n) is 8.89. The van der Waals surface area contributed by atoms with Crippen LogP contribution in [0, 0.1) is 6.20 Å². The molecule has 0 atom stereocenters. The molecule has 2 aromatic carbocycles. The lowest BCUT2D eigenvalue weighted by Gasteiger charge is -2.04. The number of benzene rings is 2. The van der Waals surface area contributed by atoms with Gasteiger partial charge in [0.25, 0.3) is 0 Å². The van der Waals surface area contributed by atoms with Gasteiger partial charge in [-0.25, -0.2) is 0 Å². The molecule has 1 aromatic heterocycles. The van der Waals surface area contributed by atoms with Crippen molar-refractivity contribution < 1.29 is 0 Å². The summed E-state index contributed by atoms with van der Waals surface area (Å²) in [6, 6.07) is 15.5. The summed E-state index contributed by atoms with van der Waals surface area (Å²) >= 11 is 5.88. The lowest BCUT2D eigenvalue weighted by molar-refractivity contribution is 1.05. The Hall–Kier alpha value is -1.93. The zero-order chi connectivity index (χ0) is 11.7. The lowest BCUT2D eigenvalue weighted by atomic mass is 10.1. The summed E-state index contributed by atoms with van der Waals surface area (Å²) < 4.78 is 0. The molecule has 0 bridgehead atoms.